The van der Waals surface area contributed by atoms with E-state index in [1.807, 2.05) is 0 Å². The van der Waals surface area contributed by atoms with E-state index in [1.54, 1.807) is 50.5 Å². The number of ketones is 1. The van der Waals surface area contributed by atoms with Gasteiger partial charge in [0.05, 0.1) is 12.1 Å². The molecule has 0 saturated carbocycles. The molecule has 0 aliphatic carbocycles. The van der Waals surface area contributed by atoms with Crippen LogP contribution in [-0.2, 0) is 56.3 Å². The molecular formula is C37H48N6O14. The zero-order valence-corrected chi connectivity index (χ0v) is 31.7. The number of carbonyl (C=O) groups is 9. The Kier molecular flexibility index (Phi) is 19.2. The molecule has 2 rings (SSSR count). The summed E-state index contributed by atoms with van der Waals surface area (Å²) in [6.45, 7) is 1.16. The Hall–Kier alpha value is -6.44. The van der Waals surface area contributed by atoms with Crippen LogP contribution >= 0.6 is 0 Å². The maximum atomic E-state index is 12.6. The molecule has 2 aromatic rings. The number of carboxylic acid groups (broad SMARTS) is 3. The number of carboxylic acids is 3. The van der Waals surface area contributed by atoms with Crippen LogP contribution in [0.5, 0.6) is 5.88 Å². The third-order valence-electron chi connectivity index (χ3n) is 8.24. The van der Waals surface area contributed by atoms with Crippen LogP contribution < -0.4 is 26.4 Å². The van der Waals surface area contributed by atoms with E-state index in [0.29, 0.717) is 11.1 Å². The topological polar surface area (TPSA) is 311 Å². The first-order chi connectivity index (χ1) is 26.9. The molecule has 1 aromatic heterocycles. The summed E-state index contributed by atoms with van der Waals surface area (Å²) in [5, 5.41) is 34.3. The summed E-state index contributed by atoms with van der Waals surface area (Å²) in [6.07, 6.45) is -1.25. The van der Waals surface area contributed by atoms with E-state index in [4.69, 9.17) is 20.3 Å². The fourth-order valence-corrected chi connectivity index (χ4v) is 4.96. The van der Waals surface area contributed by atoms with Gasteiger partial charge in [-0.2, -0.15) is 0 Å². The van der Waals surface area contributed by atoms with Crippen molar-refractivity contribution in [1.82, 2.24) is 25.8 Å². The Labute approximate surface area is 327 Å². The molecule has 0 radical (unpaired) electrons. The number of hydrogen-bond donors (Lipinski definition) is 7. The predicted octanol–water partition coefficient (Wildman–Crippen LogP) is 0.151. The molecule has 4 unspecified atom stereocenters. The van der Waals surface area contributed by atoms with Gasteiger partial charge in [0.1, 0.15) is 30.9 Å². The molecule has 8 N–H and O–H groups in total. The van der Waals surface area contributed by atoms with Crippen molar-refractivity contribution >= 4 is 53.3 Å². The zero-order valence-electron chi connectivity index (χ0n) is 31.7. The average molecular weight is 801 g/mol. The lowest BCUT2D eigenvalue weighted by atomic mass is 10.0. The van der Waals surface area contributed by atoms with Crippen LogP contribution in [0.25, 0.3) is 0 Å². The highest BCUT2D eigenvalue weighted by Gasteiger charge is 2.26. The number of Topliss-reactive ketones (excluding diaryl/α,β-unsaturated/α-hetero) is 1. The summed E-state index contributed by atoms with van der Waals surface area (Å²) in [6, 6.07) is 4.70. The molecule has 0 spiro atoms. The van der Waals surface area contributed by atoms with E-state index in [9.17, 15) is 53.4 Å². The molecule has 0 saturated heterocycles. The van der Waals surface area contributed by atoms with Crippen molar-refractivity contribution in [3.8, 4) is 5.88 Å². The number of hydrogen-bond acceptors (Lipinski definition) is 13. The molecule has 57 heavy (non-hydrogen) atoms. The smallest absolute Gasteiger partial charge is 0.326 e. The molecular weight excluding hydrogens is 752 g/mol. The van der Waals surface area contributed by atoms with E-state index < -0.39 is 78.0 Å². The van der Waals surface area contributed by atoms with E-state index in [2.05, 4.69) is 20.9 Å². The number of nitrogens with one attached hydrogen (secondary N) is 3. The molecule has 0 aliphatic rings. The molecule has 20 heteroatoms. The van der Waals surface area contributed by atoms with Crippen LogP contribution in [0.3, 0.4) is 0 Å². The van der Waals surface area contributed by atoms with Gasteiger partial charge in [-0.1, -0.05) is 24.3 Å². The van der Waals surface area contributed by atoms with Crippen molar-refractivity contribution in [3.05, 3.63) is 59.3 Å². The maximum absolute atomic E-state index is 12.6. The Bertz CT molecular complexity index is 1770. The highest BCUT2D eigenvalue weighted by Crippen LogP contribution is 2.18. The summed E-state index contributed by atoms with van der Waals surface area (Å²) in [7, 11) is 3.24. The number of ether oxygens (including phenoxy) is 2. The summed E-state index contributed by atoms with van der Waals surface area (Å²) in [5.41, 5.74) is 7.53. The largest absolute Gasteiger partial charge is 0.481 e. The van der Waals surface area contributed by atoms with Crippen LogP contribution in [-0.4, -0.2) is 117 Å². The highest BCUT2D eigenvalue weighted by atomic mass is 16.5. The Morgan fingerprint density at radius 2 is 1.25 bits per heavy atom. The molecule has 1 aromatic carbocycles. The summed E-state index contributed by atoms with van der Waals surface area (Å²) < 4.78 is 11.0. The first-order valence-electron chi connectivity index (χ1n) is 17.7. The quantitative estimate of drug-likeness (QED) is 0.0658. The SMILES string of the molecule is CC(=O)C(CCC(=O)NC(CCC(=O)OCc1ccc(COc2ncccc2C(=O)N(C)C)cc1)C(=O)O)NC(=O)C(N)CCC(=O)NC(CCC(=O)O)C(=O)O. The summed E-state index contributed by atoms with van der Waals surface area (Å²) >= 11 is 0. The third kappa shape index (κ3) is 17.3. The minimum Gasteiger partial charge on any atom is -0.481 e. The van der Waals surface area contributed by atoms with Crippen LogP contribution in [0.1, 0.15) is 79.8 Å². The first-order valence-corrected chi connectivity index (χ1v) is 17.7. The van der Waals surface area contributed by atoms with Crippen molar-refractivity contribution in [2.24, 2.45) is 5.73 Å². The van der Waals surface area contributed by atoms with E-state index >= 15 is 0 Å². The van der Waals surface area contributed by atoms with Gasteiger partial charge in [0.15, 0.2) is 5.78 Å². The third-order valence-corrected chi connectivity index (χ3v) is 8.24. The second-order valence-corrected chi connectivity index (χ2v) is 13.1. The standard InChI is InChI=1S/C37H48N6O14/c1-21(44)26(42-33(50)25(38)10-14-29(45)40-27(36(52)53)12-16-31(47)48)11-15-30(46)41-28(37(54)55)13-17-32(49)56-19-22-6-8-23(9-7-22)20-57-34-24(5-4-18-39-34)35(51)43(2)3/h4-9,18,25-28H,10-17,19-20,38H2,1-3H3,(H,40,45)(H,41,46)(H,42,50)(H,47,48)(H,52,53)(H,54,55). The second-order valence-electron chi connectivity index (χ2n) is 13.1. The highest BCUT2D eigenvalue weighted by molar-refractivity contribution is 5.96. The molecule has 0 bridgehead atoms. The number of esters is 1. The molecule has 1 heterocycles. The molecule has 20 nitrogen and oxygen atoms in total. The van der Waals surface area contributed by atoms with Crippen molar-refractivity contribution in [3.63, 3.8) is 0 Å². The van der Waals surface area contributed by atoms with Crippen molar-refractivity contribution in [1.29, 1.82) is 0 Å². The number of nitrogens with zero attached hydrogens (tertiary/aromatic N) is 2. The molecule has 0 aliphatic heterocycles. The van der Waals surface area contributed by atoms with E-state index in [1.165, 1.54) is 11.1 Å². The van der Waals surface area contributed by atoms with Crippen LogP contribution in [0, 0.1) is 0 Å². The minimum absolute atomic E-state index is 0.111. The number of carbonyl (C=O) groups excluding carboxylic acids is 6. The van der Waals surface area contributed by atoms with Gasteiger partial charge in [0.25, 0.3) is 5.91 Å². The van der Waals surface area contributed by atoms with Crippen LogP contribution in [0.2, 0.25) is 0 Å². The lowest BCUT2D eigenvalue weighted by Crippen LogP contribution is -2.49. The van der Waals surface area contributed by atoms with Gasteiger partial charge in [0, 0.05) is 46.0 Å². The van der Waals surface area contributed by atoms with E-state index in [-0.39, 0.29) is 69.9 Å². The minimum atomic E-state index is -1.47. The summed E-state index contributed by atoms with van der Waals surface area (Å²) in [5.74, 6) is -7.84. The lowest BCUT2D eigenvalue weighted by molar-refractivity contribution is -0.147. The van der Waals surface area contributed by atoms with Crippen LogP contribution in [0.4, 0.5) is 0 Å². The van der Waals surface area contributed by atoms with Gasteiger partial charge < -0.3 is 51.4 Å². The molecule has 4 amide bonds. The summed E-state index contributed by atoms with van der Waals surface area (Å²) in [4.78, 5) is 114. The number of amides is 4. The monoisotopic (exact) mass is 800 g/mol. The maximum Gasteiger partial charge on any atom is 0.326 e. The Morgan fingerprint density at radius 3 is 1.77 bits per heavy atom. The van der Waals surface area contributed by atoms with Gasteiger partial charge in [0.2, 0.25) is 23.6 Å². The number of rotatable bonds is 25. The number of pyridine rings is 1. The van der Waals surface area contributed by atoms with Crippen molar-refractivity contribution < 1.29 is 67.9 Å². The Morgan fingerprint density at radius 1 is 0.719 bits per heavy atom. The van der Waals surface area contributed by atoms with Gasteiger partial charge in [-0.05, 0) is 55.9 Å². The predicted molar refractivity (Wildman–Crippen MR) is 197 cm³/mol. The average Bonchev–Trinajstić information content (AvgIpc) is 3.16. The Balaban J connectivity index is 1.78. The van der Waals surface area contributed by atoms with Gasteiger partial charge in [-0.25, -0.2) is 14.6 Å². The lowest BCUT2D eigenvalue weighted by Gasteiger charge is -2.20. The number of aliphatic carboxylic acids is 3. The van der Waals surface area contributed by atoms with Crippen molar-refractivity contribution in [2.45, 2.75) is 95.7 Å². The fraction of sp³-hybridized carbons (Fsp3) is 0.459. The molecule has 0 fully saturated rings. The first kappa shape index (κ1) is 46.7. The second kappa shape index (κ2) is 23.5. The number of benzene rings is 1. The van der Waals surface area contributed by atoms with Gasteiger partial charge >= 0.3 is 23.9 Å². The number of nitrogens with two attached hydrogens (primary N) is 1. The van der Waals surface area contributed by atoms with Crippen molar-refractivity contribution in [2.75, 3.05) is 14.1 Å². The van der Waals surface area contributed by atoms with E-state index in [0.717, 1.165) is 12.5 Å². The zero-order chi connectivity index (χ0) is 42.7. The normalized spacial score (nSPS) is 12.8. The molecule has 310 valence electrons. The fourth-order valence-electron chi connectivity index (χ4n) is 4.96. The van der Waals surface area contributed by atoms with Crippen LogP contribution in [0.15, 0.2) is 42.6 Å². The molecule has 4 atom stereocenters. The van der Waals surface area contributed by atoms with Gasteiger partial charge in [-0.3, -0.25) is 33.6 Å². The van der Waals surface area contributed by atoms with Gasteiger partial charge in [-0.15, -0.1) is 0 Å². The number of aromatic nitrogens is 1.